The molecule has 0 spiro atoms. The molecule has 0 radical (unpaired) electrons. The van der Waals surface area contributed by atoms with E-state index in [9.17, 15) is 4.79 Å². The van der Waals surface area contributed by atoms with Gasteiger partial charge >= 0.3 is 0 Å². The lowest BCUT2D eigenvalue weighted by atomic mass is 9.91. The van der Waals surface area contributed by atoms with Gasteiger partial charge in [-0.3, -0.25) is 4.79 Å². The first-order valence-electron chi connectivity index (χ1n) is 4.96. The van der Waals surface area contributed by atoms with Crippen LogP contribution in [0.3, 0.4) is 0 Å². The summed E-state index contributed by atoms with van der Waals surface area (Å²) in [5.41, 5.74) is 0.627. The van der Waals surface area contributed by atoms with Crippen molar-refractivity contribution in [1.82, 2.24) is 14.9 Å². The van der Waals surface area contributed by atoms with Gasteiger partial charge in [0, 0.05) is 11.5 Å². The van der Waals surface area contributed by atoms with Crippen molar-refractivity contribution in [3.8, 4) is 0 Å². The van der Waals surface area contributed by atoms with Gasteiger partial charge in [0.25, 0.3) is 5.91 Å². The van der Waals surface area contributed by atoms with Gasteiger partial charge in [0.2, 0.25) is 0 Å². The van der Waals surface area contributed by atoms with E-state index in [2.05, 4.69) is 14.9 Å². The zero-order chi connectivity index (χ0) is 11.6. The molecule has 1 rings (SSSR count). The van der Waals surface area contributed by atoms with Crippen molar-refractivity contribution in [3.63, 3.8) is 0 Å². The number of nitrogens with one attached hydrogen (secondary N) is 1. The molecule has 0 saturated heterocycles. The van der Waals surface area contributed by atoms with Crippen molar-refractivity contribution >= 4 is 17.4 Å². The minimum Gasteiger partial charge on any atom is -0.349 e. The van der Waals surface area contributed by atoms with Crippen LogP contribution in [-0.2, 0) is 5.41 Å². The molecule has 0 saturated carbocycles. The van der Waals surface area contributed by atoms with Gasteiger partial charge in [0.1, 0.15) is 4.88 Å². The van der Waals surface area contributed by atoms with Gasteiger partial charge in [-0.2, -0.15) is 0 Å². The zero-order valence-electron chi connectivity index (χ0n) is 9.79. The number of carbonyl (C=O) groups is 1. The molecule has 1 heterocycles. The number of aromatic nitrogens is 2. The third kappa shape index (κ3) is 2.99. The predicted molar refractivity (Wildman–Crippen MR) is 61.2 cm³/mol. The molecule has 1 amide bonds. The molecule has 0 aliphatic rings. The molecular formula is C10H17N3OS. The molecular weight excluding hydrogens is 210 g/mol. The number of hydrogen-bond acceptors (Lipinski definition) is 4. The van der Waals surface area contributed by atoms with Gasteiger partial charge in [-0.1, -0.05) is 25.3 Å². The smallest absolute Gasteiger partial charge is 0.265 e. The molecule has 0 aliphatic carbocycles. The standard InChI is InChI=1S/C10H17N3OS/c1-6(2)11-9(14)7-8(10(3,4)5)12-13-15-7/h6H,1-5H3,(H,11,14). The monoisotopic (exact) mass is 227 g/mol. The van der Waals surface area contributed by atoms with E-state index in [-0.39, 0.29) is 17.4 Å². The summed E-state index contributed by atoms with van der Waals surface area (Å²) in [7, 11) is 0. The van der Waals surface area contributed by atoms with Crippen LogP contribution < -0.4 is 5.32 Å². The minimum atomic E-state index is -0.142. The summed E-state index contributed by atoms with van der Waals surface area (Å²) in [6.45, 7) is 9.94. The van der Waals surface area contributed by atoms with Crippen LogP contribution in [0.25, 0.3) is 0 Å². The molecule has 0 fully saturated rings. The number of rotatable bonds is 2. The van der Waals surface area contributed by atoms with E-state index < -0.39 is 0 Å². The van der Waals surface area contributed by atoms with Crippen LogP contribution in [0.1, 0.15) is 50.0 Å². The van der Waals surface area contributed by atoms with Crippen LogP contribution in [0.2, 0.25) is 0 Å². The number of hydrogen-bond donors (Lipinski definition) is 1. The molecule has 5 heteroatoms. The van der Waals surface area contributed by atoms with Crippen molar-refractivity contribution in [1.29, 1.82) is 0 Å². The van der Waals surface area contributed by atoms with Crippen LogP contribution in [0.4, 0.5) is 0 Å². The van der Waals surface area contributed by atoms with Crippen LogP contribution in [-0.4, -0.2) is 21.5 Å². The predicted octanol–water partition coefficient (Wildman–Crippen LogP) is 1.97. The fourth-order valence-corrected chi connectivity index (χ4v) is 1.94. The number of nitrogens with zero attached hydrogens (tertiary/aromatic N) is 2. The van der Waals surface area contributed by atoms with Crippen molar-refractivity contribution in [2.45, 2.75) is 46.1 Å². The summed E-state index contributed by atoms with van der Waals surface area (Å²) in [4.78, 5) is 12.4. The summed E-state index contributed by atoms with van der Waals surface area (Å²) in [6.07, 6.45) is 0. The lowest BCUT2D eigenvalue weighted by molar-refractivity contribution is 0.0945. The van der Waals surface area contributed by atoms with Crippen LogP contribution in [0.5, 0.6) is 0 Å². The highest BCUT2D eigenvalue weighted by molar-refractivity contribution is 7.08. The first kappa shape index (κ1) is 12.1. The molecule has 15 heavy (non-hydrogen) atoms. The molecule has 0 bridgehead atoms. The maximum Gasteiger partial charge on any atom is 0.265 e. The van der Waals surface area contributed by atoms with Crippen molar-refractivity contribution in [2.75, 3.05) is 0 Å². The summed E-state index contributed by atoms with van der Waals surface area (Å²) in [6, 6.07) is 0.132. The fraction of sp³-hybridized carbons (Fsp3) is 0.700. The van der Waals surface area contributed by atoms with Gasteiger partial charge in [0.05, 0.1) is 5.69 Å². The summed E-state index contributed by atoms with van der Waals surface area (Å²) in [5.74, 6) is -0.0788. The Balaban J connectivity index is 2.96. The maximum atomic E-state index is 11.8. The highest BCUT2D eigenvalue weighted by Gasteiger charge is 2.26. The van der Waals surface area contributed by atoms with Gasteiger partial charge in [-0.05, 0) is 25.4 Å². The van der Waals surface area contributed by atoms with Crippen LogP contribution in [0.15, 0.2) is 0 Å². The Labute approximate surface area is 94.3 Å². The normalized spacial score (nSPS) is 11.9. The van der Waals surface area contributed by atoms with Crippen molar-refractivity contribution in [3.05, 3.63) is 10.6 Å². The first-order chi connectivity index (χ1) is 6.82. The van der Waals surface area contributed by atoms with E-state index in [1.807, 2.05) is 34.6 Å². The molecule has 0 atom stereocenters. The Morgan fingerprint density at radius 1 is 1.40 bits per heavy atom. The van der Waals surface area contributed by atoms with Crippen LogP contribution >= 0.6 is 11.5 Å². The van der Waals surface area contributed by atoms with Gasteiger partial charge in [0.15, 0.2) is 0 Å². The highest BCUT2D eigenvalue weighted by Crippen LogP contribution is 2.25. The summed E-state index contributed by atoms with van der Waals surface area (Å²) < 4.78 is 3.85. The molecule has 1 N–H and O–H groups in total. The lowest BCUT2D eigenvalue weighted by Gasteiger charge is -2.16. The largest absolute Gasteiger partial charge is 0.349 e. The van der Waals surface area contributed by atoms with E-state index in [1.54, 1.807) is 0 Å². The van der Waals surface area contributed by atoms with E-state index in [0.717, 1.165) is 17.2 Å². The maximum absolute atomic E-state index is 11.8. The van der Waals surface area contributed by atoms with Crippen molar-refractivity contribution < 1.29 is 4.79 Å². The second-order valence-electron chi connectivity index (χ2n) is 4.83. The average Bonchev–Trinajstić information content (AvgIpc) is 2.48. The quantitative estimate of drug-likeness (QED) is 0.840. The first-order valence-corrected chi connectivity index (χ1v) is 5.73. The molecule has 1 aromatic heterocycles. The Bertz CT molecular complexity index is 352. The van der Waals surface area contributed by atoms with E-state index in [0.29, 0.717) is 4.88 Å². The Morgan fingerprint density at radius 2 is 2.00 bits per heavy atom. The molecule has 0 aliphatic heterocycles. The lowest BCUT2D eigenvalue weighted by Crippen LogP contribution is -2.31. The van der Waals surface area contributed by atoms with Crippen LogP contribution in [0, 0.1) is 0 Å². The zero-order valence-corrected chi connectivity index (χ0v) is 10.6. The Hall–Kier alpha value is -0.970. The summed E-state index contributed by atoms with van der Waals surface area (Å²) >= 11 is 1.15. The van der Waals surface area contributed by atoms with E-state index in [4.69, 9.17) is 0 Å². The van der Waals surface area contributed by atoms with Crippen molar-refractivity contribution in [2.24, 2.45) is 0 Å². The number of carbonyl (C=O) groups excluding carboxylic acids is 1. The minimum absolute atomic E-state index is 0.0788. The van der Waals surface area contributed by atoms with E-state index >= 15 is 0 Å². The average molecular weight is 227 g/mol. The molecule has 0 aromatic carbocycles. The summed E-state index contributed by atoms with van der Waals surface area (Å²) in [5, 5.41) is 6.87. The SMILES string of the molecule is CC(C)NC(=O)c1snnc1C(C)(C)C. The molecule has 0 unspecified atom stereocenters. The second-order valence-corrected chi connectivity index (χ2v) is 5.58. The van der Waals surface area contributed by atoms with E-state index in [1.165, 1.54) is 0 Å². The van der Waals surface area contributed by atoms with Gasteiger partial charge in [-0.15, -0.1) is 5.10 Å². The number of amides is 1. The second kappa shape index (κ2) is 4.26. The Kier molecular flexibility index (Phi) is 3.44. The van der Waals surface area contributed by atoms with Gasteiger partial charge < -0.3 is 5.32 Å². The van der Waals surface area contributed by atoms with Gasteiger partial charge in [-0.25, -0.2) is 0 Å². The highest BCUT2D eigenvalue weighted by atomic mass is 32.1. The molecule has 84 valence electrons. The third-order valence-corrected chi connectivity index (χ3v) is 2.55. The fourth-order valence-electron chi connectivity index (χ4n) is 1.16. The Morgan fingerprint density at radius 3 is 2.47 bits per heavy atom. The molecule has 1 aromatic rings. The third-order valence-electron chi connectivity index (χ3n) is 1.82. The topological polar surface area (TPSA) is 54.9 Å². The molecule has 4 nitrogen and oxygen atoms in total.